The Labute approximate surface area is 149 Å². The first-order valence-electron chi connectivity index (χ1n) is 7.34. The minimum absolute atomic E-state index is 0.343. The fourth-order valence-electron chi connectivity index (χ4n) is 2.56. The van der Waals surface area contributed by atoms with Crippen LogP contribution in [0.5, 0.6) is 0 Å². The topological polar surface area (TPSA) is 50.7 Å². The van der Waals surface area contributed by atoms with Crippen molar-refractivity contribution in [2.24, 2.45) is 0 Å². The minimum Gasteiger partial charge on any atom is -0.246 e. The lowest BCUT2D eigenvalue weighted by Crippen LogP contribution is -2.18. The summed E-state index contributed by atoms with van der Waals surface area (Å²) in [4.78, 5) is 12.1. The van der Waals surface area contributed by atoms with Crippen LogP contribution in [0.4, 0.5) is 13.2 Å². The van der Waals surface area contributed by atoms with Crippen molar-refractivity contribution in [3.63, 3.8) is 0 Å². The maximum atomic E-state index is 12.8. The van der Waals surface area contributed by atoms with Gasteiger partial charge in [-0.05, 0) is 48.4 Å². The molecule has 0 aliphatic heterocycles. The number of benzene rings is 2. The van der Waals surface area contributed by atoms with Gasteiger partial charge in [0.25, 0.3) is 0 Å². The number of aryl methyl sites for hydroxylation is 1. The highest BCUT2D eigenvalue weighted by Crippen LogP contribution is 2.31. The van der Waals surface area contributed by atoms with Crippen molar-refractivity contribution < 1.29 is 13.2 Å². The number of halogens is 4. The predicted octanol–water partition coefficient (Wildman–Crippen LogP) is 4.24. The van der Waals surface area contributed by atoms with E-state index in [0.29, 0.717) is 23.5 Å². The molecule has 25 heavy (non-hydrogen) atoms. The maximum Gasteiger partial charge on any atom is 0.416 e. The van der Waals surface area contributed by atoms with E-state index in [1.165, 1.54) is 17.6 Å². The van der Waals surface area contributed by atoms with Crippen molar-refractivity contribution in [3.05, 3.63) is 79.9 Å². The Hall–Kier alpha value is -2.35. The fraction of sp³-hybridized carbons (Fsp3) is 0.176. The van der Waals surface area contributed by atoms with E-state index in [9.17, 15) is 18.0 Å². The molecular formula is C17H13BrF3N3O. The van der Waals surface area contributed by atoms with Crippen molar-refractivity contribution >= 4 is 15.9 Å². The van der Waals surface area contributed by atoms with Gasteiger partial charge in [-0.2, -0.15) is 18.3 Å². The summed E-state index contributed by atoms with van der Waals surface area (Å²) in [6, 6.07) is 10.8. The average Bonchev–Trinajstić information content (AvgIpc) is 2.89. The molecule has 1 N–H and O–H groups in total. The number of H-pyrrole nitrogens is 1. The standard InChI is InChI=1S/C17H13BrF3N3O/c1-10-8-12(17(19,20)21)4-7-14(10)24-15(22-23-16(24)25)9-11-2-5-13(18)6-3-11/h2-8H,9H2,1H3,(H,23,25). The van der Waals surface area contributed by atoms with E-state index in [4.69, 9.17) is 0 Å². The zero-order valence-corrected chi connectivity index (χ0v) is 14.6. The van der Waals surface area contributed by atoms with E-state index in [2.05, 4.69) is 26.1 Å². The molecule has 0 unspecified atom stereocenters. The molecule has 0 saturated carbocycles. The summed E-state index contributed by atoms with van der Waals surface area (Å²) < 4.78 is 40.7. The van der Waals surface area contributed by atoms with E-state index in [1.54, 1.807) is 0 Å². The molecule has 130 valence electrons. The third-order valence-corrected chi connectivity index (χ3v) is 4.31. The number of rotatable bonds is 3. The lowest BCUT2D eigenvalue weighted by Gasteiger charge is -2.12. The second-order valence-electron chi connectivity index (χ2n) is 5.58. The summed E-state index contributed by atoms with van der Waals surface area (Å²) >= 11 is 3.35. The molecule has 0 amide bonds. The molecule has 2 aromatic carbocycles. The van der Waals surface area contributed by atoms with Crippen molar-refractivity contribution in [2.45, 2.75) is 19.5 Å². The summed E-state index contributed by atoms with van der Waals surface area (Å²) in [5.41, 5.74) is 0.400. The Kier molecular flexibility index (Phi) is 4.55. The average molecular weight is 412 g/mol. The quantitative estimate of drug-likeness (QED) is 0.700. The second kappa shape index (κ2) is 6.51. The molecule has 0 radical (unpaired) electrons. The van der Waals surface area contributed by atoms with Gasteiger partial charge in [0.1, 0.15) is 5.82 Å². The van der Waals surface area contributed by atoms with Crippen molar-refractivity contribution in [2.75, 3.05) is 0 Å². The van der Waals surface area contributed by atoms with Gasteiger partial charge in [-0.1, -0.05) is 28.1 Å². The molecule has 0 bridgehead atoms. The summed E-state index contributed by atoms with van der Waals surface area (Å²) in [7, 11) is 0. The number of aromatic amines is 1. The summed E-state index contributed by atoms with van der Waals surface area (Å²) in [5, 5.41) is 6.38. The van der Waals surface area contributed by atoms with Gasteiger partial charge in [-0.25, -0.2) is 14.5 Å². The third kappa shape index (κ3) is 3.68. The maximum absolute atomic E-state index is 12.8. The van der Waals surface area contributed by atoms with Gasteiger partial charge in [0, 0.05) is 10.9 Å². The summed E-state index contributed by atoms with van der Waals surface area (Å²) in [6.45, 7) is 1.54. The summed E-state index contributed by atoms with van der Waals surface area (Å²) in [6.07, 6.45) is -4.06. The van der Waals surface area contributed by atoms with Crippen LogP contribution in [0.3, 0.4) is 0 Å². The molecule has 0 saturated heterocycles. The third-order valence-electron chi connectivity index (χ3n) is 3.78. The Morgan fingerprint density at radius 2 is 1.84 bits per heavy atom. The van der Waals surface area contributed by atoms with Crippen LogP contribution in [0, 0.1) is 6.92 Å². The van der Waals surface area contributed by atoms with Gasteiger partial charge >= 0.3 is 11.9 Å². The van der Waals surface area contributed by atoms with Crippen LogP contribution in [0.1, 0.15) is 22.5 Å². The smallest absolute Gasteiger partial charge is 0.246 e. The summed E-state index contributed by atoms with van der Waals surface area (Å²) in [5.74, 6) is 0.426. The highest BCUT2D eigenvalue weighted by molar-refractivity contribution is 9.10. The number of hydrogen-bond acceptors (Lipinski definition) is 2. The molecule has 3 rings (SSSR count). The molecule has 3 aromatic rings. The monoisotopic (exact) mass is 411 g/mol. The van der Waals surface area contributed by atoms with Gasteiger partial charge < -0.3 is 0 Å². The molecule has 8 heteroatoms. The highest BCUT2D eigenvalue weighted by Gasteiger charge is 2.31. The first kappa shape index (κ1) is 17.5. The second-order valence-corrected chi connectivity index (χ2v) is 6.50. The van der Waals surface area contributed by atoms with Gasteiger partial charge in [-0.15, -0.1) is 0 Å². The normalized spacial score (nSPS) is 11.7. The van der Waals surface area contributed by atoms with Crippen LogP contribution in [0.25, 0.3) is 5.69 Å². The number of alkyl halides is 3. The van der Waals surface area contributed by atoms with E-state index in [1.807, 2.05) is 24.3 Å². The van der Waals surface area contributed by atoms with Crippen LogP contribution >= 0.6 is 15.9 Å². The van der Waals surface area contributed by atoms with Crippen molar-refractivity contribution in [1.82, 2.24) is 14.8 Å². The van der Waals surface area contributed by atoms with Gasteiger partial charge in [0.15, 0.2) is 0 Å². The lowest BCUT2D eigenvalue weighted by atomic mass is 10.1. The Morgan fingerprint density at radius 3 is 2.44 bits per heavy atom. The van der Waals surface area contributed by atoms with Gasteiger partial charge in [0.05, 0.1) is 11.3 Å². The van der Waals surface area contributed by atoms with E-state index in [-0.39, 0.29) is 0 Å². The molecule has 4 nitrogen and oxygen atoms in total. The Bertz CT molecular complexity index is 959. The molecule has 0 atom stereocenters. The van der Waals surface area contributed by atoms with Gasteiger partial charge in [-0.3, -0.25) is 0 Å². The zero-order chi connectivity index (χ0) is 18.2. The minimum atomic E-state index is -4.43. The lowest BCUT2D eigenvalue weighted by molar-refractivity contribution is -0.137. The van der Waals surface area contributed by atoms with Crippen LogP contribution in [-0.2, 0) is 12.6 Å². The fourth-order valence-corrected chi connectivity index (χ4v) is 2.83. The largest absolute Gasteiger partial charge is 0.416 e. The van der Waals surface area contributed by atoms with Gasteiger partial charge in [0.2, 0.25) is 0 Å². The zero-order valence-electron chi connectivity index (χ0n) is 13.1. The number of nitrogens with one attached hydrogen (secondary N) is 1. The highest BCUT2D eigenvalue weighted by atomic mass is 79.9. The molecule has 1 heterocycles. The van der Waals surface area contributed by atoms with Crippen LogP contribution in [0.2, 0.25) is 0 Å². The molecule has 0 aliphatic rings. The van der Waals surface area contributed by atoms with Crippen LogP contribution in [-0.4, -0.2) is 14.8 Å². The van der Waals surface area contributed by atoms with E-state index >= 15 is 0 Å². The first-order chi connectivity index (χ1) is 11.8. The van der Waals surface area contributed by atoms with Crippen LogP contribution in [0.15, 0.2) is 51.7 Å². The van der Waals surface area contributed by atoms with E-state index in [0.717, 1.165) is 22.2 Å². The van der Waals surface area contributed by atoms with Crippen LogP contribution < -0.4 is 5.69 Å². The predicted molar refractivity (Wildman–Crippen MR) is 90.9 cm³/mol. The SMILES string of the molecule is Cc1cc(C(F)(F)F)ccc1-n1c(Cc2ccc(Br)cc2)n[nH]c1=O. The molecule has 0 aliphatic carbocycles. The molecule has 0 fully saturated rings. The number of hydrogen-bond donors (Lipinski definition) is 1. The van der Waals surface area contributed by atoms with Crippen molar-refractivity contribution in [3.8, 4) is 5.69 Å². The number of aromatic nitrogens is 3. The molecule has 0 spiro atoms. The molecular weight excluding hydrogens is 399 g/mol. The molecule has 1 aromatic heterocycles. The Balaban J connectivity index is 2.02. The Morgan fingerprint density at radius 1 is 1.16 bits per heavy atom. The van der Waals surface area contributed by atoms with Crippen molar-refractivity contribution in [1.29, 1.82) is 0 Å². The number of nitrogens with zero attached hydrogens (tertiary/aromatic N) is 2. The van der Waals surface area contributed by atoms with E-state index < -0.39 is 17.4 Å². The first-order valence-corrected chi connectivity index (χ1v) is 8.14.